The summed E-state index contributed by atoms with van der Waals surface area (Å²) in [4.78, 5) is 14.6. The van der Waals surface area contributed by atoms with Gasteiger partial charge in [0, 0.05) is 17.8 Å². The van der Waals surface area contributed by atoms with Gasteiger partial charge in [-0.2, -0.15) is 0 Å². The molecule has 5 heteroatoms. The lowest BCUT2D eigenvalue weighted by atomic mass is 9.75. The van der Waals surface area contributed by atoms with E-state index >= 15 is 0 Å². The average molecular weight is 328 g/mol. The molecule has 0 radical (unpaired) electrons. The summed E-state index contributed by atoms with van der Waals surface area (Å²) in [5.41, 5.74) is 2.97. The van der Waals surface area contributed by atoms with E-state index in [-0.39, 0.29) is 30.6 Å². The summed E-state index contributed by atoms with van der Waals surface area (Å²) in [5, 5.41) is 3.87. The van der Waals surface area contributed by atoms with Gasteiger partial charge in [0.15, 0.2) is 0 Å². The molecule has 2 aromatic rings. The van der Waals surface area contributed by atoms with E-state index in [0.717, 1.165) is 17.9 Å². The third-order valence-corrected chi connectivity index (χ3v) is 4.56. The number of amides is 1. The summed E-state index contributed by atoms with van der Waals surface area (Å²) in [6.07, 6.45) is 0.929. The fourth-order valence-corrected chi connectivity index (χ4v) is 3.61. The van der Waals surface area contributed by atoms with Crippen LogP contribution < -0.4 is 4.90 Å². The van der Waals surface area contributed by atoms with E-state index in [1.807, 2.05) is 36.1 Å². The summed E-state index contributed by atoms with van der Waals surface area (Å²) in [5.74, 6) is 0.714. The standard InChI is InChI=1S/C19H24N2O3/c1-13-10-19(3,4)16-7-5-6-8-17(16)21(13)18(22)12-23-11-15-9-14(2)24-20-15/h5-9,13H,10-12H2,1-4H3. The zero-order valence-corrected chi connectivity index (χ0v) is 14.7. The van der Waals surface area contributed by atoms with E-state index in [0.29, 0.717) is 5.69 Å². The molecule has 0 saturated heterocycles. The highest BCUT2D eigenvalue weighted by atomic mass is 16.5. The van der Waals surface area contributed by atoms with Crippen molar-refractivity contribution >= 4 is 11.6 Å². The molecule has 1 aromatic carbocycles. The van der Waals surface area contributed by atoms with Gasteiger partial charge >= 0.3 is 0 Å². The molecule has 1 aliphatic heterocycles. The van der Waals surface area contributed by atoms with Crippen molar-refractivity contribution in [2.75, 3.05) is 11.5 Å². The van der Waals surface area contributed by atoms with Gasteiger partial charge in [0.25, 0.3) is 5.91 Å². The first kappa shape index (κ1) is 16.7. The Morgan fingerprint density at radius 3 is 2.88 bits per heavy atom. The van der Waals surface area contributed by atoms with Crippen molar-refractivity contribution in [1.29, 1.82) is 0 Å². The van der Waals surface area contributed by atoms with Gasteiger partial charge in [0.05, 0.1) is 6.61 Å². The smallest absolute Gasteiger partial charge is 0.253 e. The van der Waals surface area contributed by atoms with E-state index in [1.165, 1.54) is 5.56 Å². The van der Waals surface area contributed by atoms with Crippen LogP contribution in [0.15, 0.2) is 34.9 Å². The van der Waals surface area contributed by atoms with Crippen LogP contribution in [0.4, 0.5) is 5.69 Å². The summed E-state index contributed by atoms with van der Waals surface area (Å²) in [6, 6.07) is 10.1. The first-order valence-corrected chi connectivity index (χ1v) is 8.30. The van der Waals surface area contributed by atoms with Gasteiger partial charge in [-0.15, -0.1) is 0 Å². The number of anilines is 1. The molecule has 3 rings (SSSR count). The summed E-state index contributed by atoms with van der Waals surface area (Å²) >= 11 is 0. The summed E-state index contributed by atoms with van der Waals surface area (Å²) in [6.45, 7) is 8.69. The highest BCUT2D eigenvalue weighted by molar-refractivity contribution is 5.96. The van der Waals surface area contributed by atoms with Crippen molar-refractivity contribution in [2.45, 2.75) is 52.2 Å². The molecule has 0 N–H and O–H groups in total. The predicted octanol–water partition coefficient (Wildman–Crippen LogP) is 3.60. The Labute approximate surface area is 142 Å². The van der Waals surface area contributed by atoms with Gasteiger partial charge in [0.1, 0.15) is 18.1 Å². The van der Waals surface area contributed by atoms with E-state index in [9.17, 15) is 4.79 Å². The monoisotopic (exact) mass is 328 g/mol. The number of fused-ring (bicyclic) bond motifs is 1. The number of carbonyl (C=O) groups excluding carboxylic acids is 1. The van der Waals surface area contributed by atoms with Crippen LogP contribution in [0, 0.1) is 6.92 Å². The molecule has 0 bridgehead atoms. The molecule has 2 heterocycles. The zero-order chi connectivity index (χ0) is 17.3. The number of rotatable bonds is 4. The normalized spacial score (nSPS) is 19.2. The van der Waals surface area contributed by atoms with Crippen molar-refractivity contribution in [3.63, 3.8) is 0 Å². The molecule has 0 fully saturated rings. The van der Waals surface area contributed by atoms with Gasteiger partial charge in [-0.1, -0.05) is 37.2 Å². The zero-order valence-electron chi connectivity index (χ0n) is 14.7. The summed E-state index contributed by atoms with van der Waals surface area (Å²) in [7, 11) is 0. The number of para-hydroxylation sites is 1. The molecule has 0 aliphatic carbocycles. The number of hydrogen-bond acceptors (Lipinski definition) is 4. The maximum atomic E-state index is 12.7. The van der Waals surface area contributed by atoms with Crippen LogP contribution in [0.25, 0.3) is 0 Å². The topological polar surface area (TPSA) is 55.6 Å². The molecule has 5 nitrogen and oxygen atoms in total. The summed E-state index contributed by atoms with van der Waals surface area (Å²) < 4.78 is 10.5. The van der Waals surface area contributed by atoms with Crippen LogP contribution >= 0.6 is 0 Å². The Morgan fingerprint density at radius 1 is 1.42 bits per heavy atom. The lowest BCUT2D eigenvalue weighted by Gasteiger charge is -2.43. The average Bonchev–Trinajstić information content (AvgIpc) is 2.92. The third-order valence-electron chi connectivity index (χ3n) is 4.56. The second-order valence-electron chi connectivity index (χ2n) is 7.14. The Balaban J connectivity index is 1.72. The molecular formula is C19H24N2O3. The minimum Gasteiger partial charge on any atom is -0.365 e. The molecule has 1 unspecified atom stereocenters. The Bertz CT molecular complexity index is 736. The Morgan fingerprint density at radius 2 is 2.17 bits per heavy atom. The van der Waals surface area contributed by atoms with Crippen molar-refractivity contribution in [2.24, 2.45) is 0 Å². The van der Waals surface area contributed by atoms with Gasteiger partial charge < -0.3 is 14.2 Å². The van der Waals surface area contributed by atoms with Crippen molar-refractivity contribution < 1.29 is 14.1 Å². The van der Waals surface area contributed by atoms with Crippen LogP contribution in [-0.2, 0) is 21.6 Å². The van der Waals surface area contributed by atoms with Crippen molar-refractivity contribution in [1.82, 2.24) is 5.16 Å². The highest BCUT2D eigenvalue weighted by Crippen LogP contribution is 2.42. The number of nitrogens with zero attached hydrogens (tertiary/aromatic N) is 2. The van der Waals surface area contributed by atoms with E-state index in [2.05, 4.69) is 32.0 Å². The van der Waals surface area contributed by atoms with Crippen molar-refractivity contribution in [3.05, 3.63) is 47.3 Å². The quantitative estimate of drug-likeness (QED) is 0.860. The van der Waals surface area contributed by atoms with Gasteiger partial charge in [0.2, 0.25) is 0 Å². The SMILES string of the molecule is Cc1cc(COCC(=O)N2c3ccccc3C(C)(C)CC2C)no1. The van der Waals surface area contributed by atoms with Crippen LogP contribution in [0.5, 0.6) is 0 Å². The number of hydrogen-bond donors (Lipinski definition) is 0. The third kappa shape index (κ3) is 3.22. The molecule has 0 saturated carbocycles. The van der Waals surface area contributed by atoms with Crippen LogP contribution in [0.1, 0.15) is 44.2 Å². The predicted molar refractivity (Wildman–Crippen MR) is 91.9 cm³/mol. The van der Waals surface area contributed by atoms with Crippen LogP contribution in [0.2, 0.25) is 0 Å². The van der Waals surface area contributed by atoms with Gasteiger partial charge in [-0.3, -0.25) is 4.79 Å². The molecule has 1 amide bonds. The maximum Gasteiger partial charge on any atom is 0.253 e. The molecule has 24 heavy (non-hydrogen) atoms. The lowest BCUT2D eigenvalue weighted by Crippen LogP contribution is -2.48. The minimum atomic E-state index is -0.0225. The molecule has 1 aromatic heterocycles. The van der Waals surface area contributed by atoms with E-state index in [1.54, 1.807) is 0 Å². The fourth-order valence-electron chi connectivity index (χ4n) is 3.61. The molecule has 1 aliphatic rings. The van der Waals surface area contributed by atoms with Gasteiger partial charge in [-0.25, -0.2) is 0 Å². The van der Waals surface area contributed by atoms with Gasteiger partial charge in [-0.05, 0) is 37.3 Å². The fraction of sp³-hybridized carbons (Fsp3) is 0.474. The number of aryl methyl sites for hydroxylation is 1. The number of ether oxygens (including phenoxy) is 1. The maximum absolute atomic E-state index is 12.7. The largest absolute Gasteiger partial charge is 0.365 e. The minimum absolute atomic E-state index is 0.0225. The first-order valence-electron chi connectivity index (χ1n) is 8.30. The second-order valence-corrected chi connectivity index (χ2v) is 7.14. The Hall–Kier alpha value is -2.14. The lowest BCUT2D eigenvalue weighted by molar-refractivity contribution is -0.124. The Kier molecular flexibility index (Phi) is 4.45. The van der Waals surface area contributed by atoms with Crippen molar-refractivity contribution in [3.8, 4) is 0 Å². The number of carbonyl (C=O) groups is 1. The number of benzene rings is 1. The second kappa shape index (κ2) is 6.40. The first-order chi connectivity index (χ1) is 11.4. The molecule has 1 atom stereocenters. The molecule has 128 valence electrons. The van der Waals surface area contributed by atoms with E-state index in [4.69, 9.17) is 9.26 Å². The van der Waals surface area contributed by atoms with Crippen LogP contribution in [-0.4, -0.2) is 23.7 Å². The highest BCUT2D eigenvalue weighted by Gasteiger charge is 2.37. The molecule has 0 spiro atoms. The molecular weight excluding hydrogens is 304 g/mol. The number of aromatic nitrogens is 1. The van der Waals surface area contributed by atoms with E-state index < -0.39 is 0 Å². The van der Waals surface area contributed by atoms with Crippen LogP contribution in [0.3, 0.4) is 0 Å².